The van der Waals surface area contributed by atoms with Gasteiger partial charge in [-0.2, -0.15) is 0 Å². The van der Waals surface area contributed by atoms with Gasteiger partial charge in [-0.1, -0.05) is 11.5 Å². The van der Waals surface area contributed by atoms with Crippen molar-refractivity contribution in [3.8, 4) is 11.8 Å². The Morgan fingerprint density at radius 3 is 2.75 bits per heavy atom. The van der Waals surface area contributed by atoms with Crippen molar-refractivity contribution < 1.29 is 4.79 Å². The van der Waals surface area contributed by atoms with Crippen LogP contribution in [0.1, 0.15) is 39.5 Å². The van der Waals surface area contributed by atoms with Crippen LogP contribution in [-0.4, -0.2) is 5.78 Å². The zero-order valence-electron chi connectivity index (χ0n) is 7.74. The summed E-state index contributed by atoms with van der Waals surface area (Å²) in [6.45, 7) is 3.85. The maximum atomic E-state index is 11.4. The summed E-state index contributed by atoms with van der Waals surface area (Å²) in [5, 5.41) is 0. The predicted molar refractivity (Wildman–Crippen MR) is 49.6 cm³/mol. The molecule has 0 aromatic rings. The monoisotopic (exact) mass is 162 g/mol. The first kappa shape index (κ1) is 9.06. The van der Waals surface area contributed by atoms with Gasteiger partial charge in [-0.25, -0.2) is 0 Å². The van der Waals surface area contributed by atoms with E-state index in [1.54, 1.807) is 0 Å². The molecule has 0 N–H and O–H groups in total. The van der Waals surface area contributed by atoms with Gasteiger partial charge in [0.05, 0.1) is 0 Å². The normalized spacial score (nSPS) is 17.3. The van der Waals surface area contributed by atoms with Crippen LogP contribution in [0.4, 0.5) is 0 Å². The van der Waals surface area contributed by atoms with Crippen molar-refractivity contribution in [3.63, 3.8) is 0 Å². The maximum Gasteiger partial charge on any atom is 0.159 e. The minimum absolute atomic E-state index is 0.307. The summed E-state index contributed by atoms with van der Waals surface area (Å²) in [4.78, 5) is 11.4. The highest BCUT2D eigenvalue weighted by Gasteiger charge is 2.16. The molecule has 0 saturated heterocycles. The summed E-state index contributed by atoms with van der Waals surface area (Å²) in [6, 6.07) is 0. The van der Waals surface area contributed by atoms with Gasteiger partial charge < -0.3 is 0 Å². The van der Waals surface area contributed by atoms with E-state index < -0.39 is 0 Å². The average Bonchev–Trinajstić information content (AvgIpc) is 2.04. The number of allylic oxidation sites excluding steroid dienone is 2. The third kappa shape index (κ3) is 1.98. The molecule has 64 valence electrons. The van der Waals surface area contributed by atoms with E-state index in [1.807, 2.05) is 13.8 Å². The van der Waals surface area contributed by atoms with E-state index in [0.717, 1.165) is 24.8 Å². The van der Waals surface area contributed by atoms with Crippen LogP contribution < -0.4 is 0 Å². The van der Waals surface area contributed by atoms with Crippen LogP contribution in [0.5, 0.6) is 0 Å². The van der Waals surface area contributed by atoms with Crippen molar-refractivity contribution in [2.24, 2.45) is 0 Å². The Kier molecular flexibility index (Phi) is 3.10. The van der Waals surface area contributed by atoms with Crippen LogP contribution in [0, 0.1) is 11.8 Å². The molecule has 0 radical (unpaired) electrons. The van der Waals surface area contributed by atoms with Crippen LogP contribution in [-0.2, 0) is 4.79 Å². The van der Waals surface area contributed by atoms with Gasteiger partial charge in [-0.15, -0.1) is 5.92 Å². The summed E-state index contributed by atoms with van der Waals surface area (Å²) >= 11 is 0. The topological polar surface area (TPSA) is 17.1 Å². The first-order valence-electron chi connectivity index (χ1n) is 4.37. The Morgan fingerprint density at radius 1 is 1.42 bits per heavy atom. The molecule has 1 nitrogen and oxygen atoms in total. The lowest BCUT2D eigenvalue weighted by Gasteiger charge is -2.14. The Balaban J connectivity index is 2.78. The molecule has 0 fully saturated rings. The molecule has 1 aliphatic carbocycles. The van der Waals surface area contributed by atoms with E-state index in [0.29, 0.717) is 12.2 Å². The number of Topliss-reactive ketones (excluding diaryl/α,β-unsaturated/α-hetero) is 1. The summed E-state index contributed by atoms with van der Waals surface area (Å²) in [7, 11) is 0. The van der Waals surface area contributed by atoms with E-state index in [4.69, 9.17) is 0 Å². The third-order valence-electron chi connectivity index (χ3n) is 2.25. The number of hydrogen-bond donors (Lipinski definition) is 0. The third-order valence-corrected chi connectivity index (χ3v) is 2.25. The number of rotatable bonds is 1. The van der Waals surface area contributed by atoms with Crippen LogP contribution in [0.3, 0.4) is 0 Å². The van der Waals surface area contributed by atoms with Gasteiger partial charge in [0.2, 0.25) is 0 Å². The van der Waals surface area contributed by atoms with Gasteiger partial charge in [0.1, 0.15) is 0 Å². The SMILES string of the molecule is CC#CCC1=C(C)CCCC1=O. The van der Waals surface area contributed by atoms with E-state index in [2.05, 4.69) is 11.8 Å². The fourth-order valence-corrected chi connectivity index (χ4v) is 1.48. The van der Waals surface area contributed by atoms with Gasteiger partial charge in [-0.3, -0.25) is 4.79 Å². The van der Waals surface area contributed by atoms with Crippen LogP contribution in [0.15, 0.2) is 11.1 Å². The highest BCUT2D eigenvalue weighted by molar-refractivity contribution is 5.97. The fraction of sp³-hybridized carbons (Fsp3) is 0.545. The molecule has 1 heteroatoms. The number of carbonyl (C=O) groups excluding carboxylic acids is 1. The molecule has 0 heterocycles. The van der Waals surface area contributed by atoms with Gasteiger partial charge >= 0.3 is 0 Å². The molecule has 0 saturated carbocycles. The lowest BCUT2D eigenvalue weighted by Crippen LogP contribution is -2.09. The molecule has 1 aliphatic rings. The predicted octanol–water partition coefficient (Wildman–Crippen LogP) is 2.47. The van der Waals surface area contributed by atoms with E-state index in [-0.39, 0.29) is 0 Å². The van der Waals surface area contributed by atoms with Crippen LogP contribution >= 0.6 is 0 Å². The largest absolute Gasteiger partial charge is 0.295 e. The summed E-state index contributed by atoms with van der Waals surface area (Å²) in [5.74, 6) is 6.08. The Morgan fingerprint density at radius 2 is 2.17 bits per heavy atom. The molecule has 1 rings (SSSR count). The van der Waals surface area contributed by atoms with Crippen molar-refractivity contribution >= 4 is 5.78 Å². The number of carbonyl (C=O) groups is 1. The second kappa shape index (κ2) is 4.11. The molecule has 0 spiro atoms. The summed E-state index contributed by atoms with van der Waals surface area (Å²) in [6.07, 6.45) is 3.47. The van der Waals surface area contributed by atoms with E-state index in [9.17, 15) is 4.79 Å². The molecule has 0 aliphatic heterocycles. The molecule has 0 aromatic heterocycles. The quantitative estimate of drug-likeness (QED) is 0.541. The molecule has 0 bridgehead atoms. The lowest BCUT2D eigenvalue weighted by molar-refractivity contribution is -0.116. The van der Waals surface area contributed by atoms with Crippen molar-refractivity contribution in [2.45, 2.75) is 39.5 Å². The van der Waals surface area contributed by atoms with Gasteiger partial charge in [0.15, 0.2) is 5.78 Å². The average molecular weight is 162 g/mol. The Bertz CT molecular complexity index is 273. The summed E-state index contributed by atoms with van der Waals surface area (Å²) < 4.78 is 0. The van der Waals surface area contributed by atoms with E-state index in [1.165, 1.54) is 5.57 Å². The first-order chi connectivity index (χ1) is 5.75. The molecule has 0 atom stereocenters. The number of ketones is 1. The van der Waals surface area contributed by atoms with Crippen molar-refractivity contribution in [3.05, 3.63) is 11.1 Å². The molecule has 0 amide bonds. The van der Waals surface area contributed by atoms with Crippen LogP contribution in [0.25, 0.3) is 0 Å². The van der Waals surface area contributed by atoms with Crippen LogP contribution in [0.2, 0.25) is 0 Å². The molecular formula is C11H14O. The smallest absolute Gasteiger partial charge is 0.159 e. The molecule has 12 heavy (non-hydrogen) atoms. The van der Waals surface area contributed by atoms with Crippen molar-refractivity contribution in [2.75, 3.05) is 0 Å². The second-order valence-electron chi connectivity index (χ2n) is 3.14. The Labute approximate surface area is 73.9 Å². The lowest BCUT2D eigenvalue weighted by atomic mass is 9.90. The Hall–Kier alpha value is -1.03. The van der Waals surface area contributed by atoms with Crippen molar-refractivity contribution in [1.82, 2.24) is 0 Å². The molecule has 0 unspecified atom stereocenters. The van der Waals surface area contributed by atoms with Gasteiger partial charge in [-0.05, 0) is 26.7 Å². The van der Waals surface area contributed by atoms with Gasteiger partial charge in [0, 0.05) is 18.4 Å². The van der Waals surface area contributed by atoms with Gasteiger partial charge in [0.25, 0.3) is 0 Å². The molecular weight excluding hydrogens is 148 g/mol. The fourth-order valence-electron chi connectivity index (χ4n) is 1.48. The molecule has 0 aromatic carbocycles. The maximum absolute atomic E-state index is 11.4. The first-order valence-corrected chi connectivity index (χ1v) is 4.37. The zero-order valence-corrected chi connectivity index (χ0v) is 7.74. The van der Waals surface area contributed by atoms with Crippen molar-refractivity contribution in [1.29, 1.82) is 0 Å². The minimum atomic E-state index is 0.307. The highest BCUT2D eigenvalue weighted by Crippen LogP contribution is 2.23. The number of hydrogen-bond acceptors (Lipinski definition) is 1. The second-order valence-corrected chi connectivity index (χ2v) is 3.14. The van der Waals surface area contributed by atoms with E-state index >= 15 is 0 Å². The minimum Gasteiger partial charge on any atom is -0.295 e. The summed E-state index contributed by atoms with van der Waals surface area (Å²) in [5.41, 5.74) is 2.21. The highest BCUT2D eigenvalue weighted by atomic mass is 16.1. The standard InChI is InChI=1S/C11H14O/c1-3-4-7-10-9(2)6-5-8-11(10)12/h5-8H2,1-2H3. The zero-order chi connectivity index (χ0) is 8.97.